The highest BCUT2D eigenvalue weighted by Gasteiger charge is 2.24. The second-order valence-electron chi connectivity index (χ2n) is 5.61. The van der Waals surface area contributed by atoms with Crippen molar-refractivity contribution < 1.29 is 5.11 Å². The molecular weight excluding hydrogens is 327 g/mol. The molecule has 3 rings (SSSR count). The van der Waals surface area contributed by atoms with Crippen molar-refractivity contribution >= 4 is 35.5 Å². The summed E-state index contributed by atoms with van der Waals surface area (Å²) in [6.45, 7) is 5.52. The minimum Gasteiger partial charge on any atom is -0.390 e. The summed E-state index contributed by atoms with van der Waals surface area (Å²) >= 11 is 6.11. The third kappa shape index (κ3) is 3.27. The van der Waals surface area contributed by atoms with Crippen LogP contribution in [0.25, 0.3) is 5.52 Å². The molecule has 0 aromatic carbocycles. The molecule has 0 radical (unpaired) electrons. The van der Waals surface area contributed by atoms with E-state index in [1.807, 2.05) is 13.8 Å². The number of imidazole rings is 1. The summed E-state index contributed by atoms with van der Waals surface area (Å²) in [6.07, 6.45) is 2.03. The van der Waals surface area contributed by atoms with Gasteiger partial charge in [0.25, 0.3) is 0 Å². The van der Waals surface area contributed by atoms with E-state index < -0.39 is 6.10 Å². The molecule has 22 heavy (non-hydrogen) atoms. The minimum atomic E-state index is -0.450. The number of hydrogen-bond donors (Lipinski definition) is 3. The van der Waals surface area contributed by atoms with Crippen molar-refractivity contribution in [2.75, 3.05) is 18.4 Å². The normalized spacial score (nSPS) is 21.9. The van der Waals surface area contributed by atoms with Crippen LogP contribution >= 0.6 is 24.0 Å². The Hall–Kier alpha value is -1.15. The monoisotopic (exact) mass is 346 g/mol. The fourth-order valence-electron chi connectivity index (χ4n) is 2.49. The molecule has 1 fully saturated rings. The number of rotatable bonds is 3. The molecule has 0 saturated carbocycles. The molecule has 3 N–H and O–H groups in total. The van der Waals surface area contributed by atoms with Crippen LogP contribution in [0.4, 0.5) is 5.95 Å². The first-order valence-corrected chi connectivity index (χ1v) is 7.50. The molecule has 1 saturated heterocycles. The molecule has 122 valence electrons. The van der Waals surface area contributed by atoms with E-state index in [4.69, 9.17) is 11.6 Å². The van der Waals surface area contributed by atoms with Gasteiger partial charge in [0, 0.05) is 12.5 Å². The van der Waals surface area contributed by atoms with E-state index in [-0.39, 0.29) is 24.4 Å². The van der Waals surface area contributed by atoms with Crippen molar-refractivity contribution in [1.82, 2.24) is 24.9 Å². The summed E-state index contributed by atoms with van der Waals surface area (Å²) in [4.78, 5) is 8.60. The van der Waals surface area contributed by atoms with Crippen molar-refractivity contribution in [2.45, 2.75) is 38.3 Å². The molecule has 1 aliphatic heterocycles. The second kappa shape index (κ2) is 6.95. The van der Waals surface area contributed by atoms with Crippen LogP contribution in [-0.4, -0.2) is 49.9 Å². The standard InChI is InChI=1S/C13H19ClN6O.ClH/c1-7(2)12-18-11(14)9-5-16-13(19-20(9)12)17-8-3-4-15-6-10(8)21;/h5,7-8,10,15,21H,3-4,6H2,1-2H3,(H,17,19);1H/t8-,10-;/m1./s1. The van der Waals surface area contributed by atoms with Gasteiger partial charge in [0.2, 0.25) is 5.95 Å². The summed E-state index contributed by atoms with van der Waals surface area (Å²) in [5.74, 6) is 1.48. The van der Waals surface area contributed by atoms with Crippen LogP contribution < -0.4 is 10.6 Å². The summed E-state index contributed by atoms with van der Waals surface area (Å²) in [5, 5.41) is 21.2. The molecule has 7 nitrogen and oxygen atoms in total. The van der Waals surface area contributed by atoms with Gasteiger partial charge in [-0.2, -0.15) is 0 Å². The van der Waals surface area contributed by atoms with E-state index in [0.717, 1.165) is 18.8 Å². The largest absolute Gasteiger partial charge is 0.390 e. The Kier molecular flexibility index (Phi) is 5.44. The molecule has 2 atom stereocenters. The van der Waals surface area contributed by atoms with E-state index in [0.29, 0.717) is 23.2 Å². The molecular formula is C13H20Cl2N6O. The van der Waals surface area contributed by atoms with Crippen LogP contribution in [0, 0.1) is 0 Å². The van der Waals surface area contributed by atoms with Gasteiger partial charge in [0.15, 0.2) is 5.15 Å². The molecule has 0 bridgehead atoms. The SMILES string of the molecule is CC(C)c1nc(Cl)c2cnc(N[C@@H]3CCNC[C@H]3O)nn12.Cl. The number of aromatic nitrogens is 4. The van der Waals surface area contributed by atoms with E-state index >= 15 is 0 Å². The van der Waals surface area contributed by atoms with Crippen molar-refractivity contribution in [3.05, 3.63) is 17.2 Å². The van der Waals surface area contributed by atoms with Gasteiger partial charge in [-0.15, -0.1) is 17.5 Å². The van der Waals surface area contributed by atoms with E-state index in [1.165, 1.54) is 0 Å². The van der Waals surface area contributed by atoms with Crippen LogP contribution in [0.15, 0.2) is 6.20 Å². The highest BCUT2D eigenvalue weighted by Crippen LogP contribution is 2.22. The van der Waals surface area contributed by atoms with E-state index in [9.17, 15) is 5.11 Å². The number of halogens is 2. The number of hydrogen-bond acceptors (Lipinski definition) is 6. The lowest BCUT2D eigenvalue weighted by atomic mass is 10.0. The van der Waals surface area contributed by atoms with Crippen molar-refractivity contribution in [3.8, 4) is 0 Å². The summed E-state index contributed by atoms with van der Waals surface area (Å²) < 4.78 is 1.72. The Balaban J connectivity index is 0.00000176. The Labute approximate surface area is 139 Å². The molecule has 0 unspecified atom stereocenters. The zero-order chi connectivity index (χ0) is 15.0. The molecule has 3 heterocycles. The molecule has 1 aliphatic rings. The van der Waals surface area contributed by atoms with Crippen molar-refractivity contribution in [1.29, 1.82) is 0 Å². The van der Waals surface area contributed by atoms with Gasteiger partial charge in [0.05, 0.1) is 18.3 Å². The van der Waals surface area contributed by atoms with Crippen LogP contribution in [0.2, 0.25) is 5.15 Å². The third-order valence-corrected chi connectivity index (χ3v) is 3.93. The second-order valence-corrected chi connectivity index (χ2v) is 5.96. The topological polar surface area (TPSA) is 87.4 Å². The maximum Gasteiger partial charge on any atom is 0.241 e. The average Bonchev–Trinajstić information content (AvgIpc) is 2.79. The first-order chi connectivity index (χ1) is 10.1. The molecule has 2 aromatic heterocycles. The average molecular weight is 347 g/mol. The maximum absolute atomic E-state index is 9.97. The zero-order valence-corrected chi connectivity index (χ0v) is 14.0. The van der Waals surface area contributed by atoms with Crippen LogP contribution in [0.3, 0.4) is 0 Å². The number of nitrogens with one attached hydrogen (secondary N) is 2. The lowest BCUT2D eigenvalue weighted by molar-refractivity contribution is 0.128. The van der Waals surface area contributed by atoms with Gasteiger partial charge in [-0.25, -0.2) is 14.5 Å². The van der Waals surface area contributed by atoms with Crippen LogP contribution in [0.1, 0.15) is 32.0 Å². The van der Waals surface area contributed by atoms with Crippen molar-refractivity contribution in [2.24, 2.45) is 0 Å². The first-order valence-electron chi connectivity index (χ1n) is 7.12. The van der Waals surface area contributed by atoms with Crippen LogP contribution in [-0.2, 0) is 0 Å². The number of nitrogens with zero attached hydrogens (tertiary/aromatic N) is 4. The van der Waals surface area contributed by atoms with Gasteiger partial charge >= 0.3 is 0 Å². The Morgan fingerprint density at radius 1 is 1.50 bits per heavy atom. The lowest BCUT2D eigenvalue weighted by Gasteiger charge is -2.28. The maximum atomic E-state index is 9.97. The number of aliphatic hydroxyl groups excluding tert-OH is 1. The van der Waals surface area contributed by atoms with Crippen LogP contribution in [0.5, 0.6) is 0 Å². The quantitative estimate of drug-likeness (QED) is 0.779. The predicted molar refractivity (Wildman–Crippen MR) is 88.0 cm³/mol. The van der Waals surface area contributed by atoms with Crippen molar-refractivity contribution in [3.63, 3.8) is 0 Å². The fourth-order valence-corrected chi connectivity index (χ4v) is 2.70. The molecule has 2 aromatic rings. The van der Waals surface area contributed by atoms with E-state index in [2.05, 4.69) is 25.7 Å². The fraction of sp³-hybridized carbons (Fsp3) is 0.615. The van der Waals surface area contributed by atoms with Gasteiger partial charge in [-0.1, -0.05) is 25.4 Å². The zero-order valence-electron chi connectivity index (χ0n) is 12.5. The minimum absolute atomic E-state index is 0. The predicted octanol–water partition coefficient (Wildman–Crippen LogP) is 1.46. The molecule has 0 spiro atoms. The summed E-state index contributed by atoms with van der Waals surface area (Å²) in [7, 11) is 0. The Bertz CT molecular complexity index is 647. The number of aliphatic hydroxyl groups is 1. The number of fused-ring (bicyclic) bond motifs is 1. The molecule has 0 amide bonds. The smallest absolute Gasteiger partial charge is 0.241 e. The molecule has 0 aliphatic carbocycles. The third-order valence-electron chi connectivity index (χ3n) is 3.65. The Morgan fingerprint density at radius 3 is 2.95 bits per heavy atom. The van der Waals surface area contributed by atoms with E-state index in [1.54, 1.807) is 10.7 Å². The summed E-state index contributed by atoms with van der Waals surface area (Å²) in [6, 6.07) is -0.0507. The number of piperidine rings is 1. The summed E-state index contributed by atoms with van der Waals surface area (Å²) in [5.41, 5.74) is 0.691. The Morgan fingerprint density at radius 2 is 2.27 bits per heavy atom. The lowest BCUT2D eigenvalue weighted by Crippen LogP contribution is -2.47. The first kappa shape index (κ1) is 17.2. The van der Waals surface area contributed by atoms with Gasteiger partial charge < -0.3 is 15.7 Å². The van der Waals surface area contributed by atoms with Gasteiger partial charge in [-0.3, -0.25) is 0 Å². The molecule has 9 heteroatoms. The number of anilines is 1. The number of β-amino-alcohol motifs (C(OH)–C–C–N with tert-alkyl or cyclic N) is 1. The highest BCUT2D eigenvalue weighted by molar-refractivity contribution is 6.32. The highest BCUT2D eigenvalue weighted by atomic mass is 35.5. The van der Waals surface area contributed by atoms with Gasteiger partial charge in [-0.05, 0) is 13.0 Å². The van der Waals surface area contributed by atoms with Gasteiger partial charge in [0.1, 0.15) is 11.3 Å².